The molecule has 0 unspecified atom stereocenters. The lowest BCUT2D eigenvalue weighted by molar-refractivity contribution is 0.304. The fourth-order valence-electron chi connectivity index (χ4n) is 1.93. The van der Waals surface area contributed by atoms with Crippen molar-refractivity contribution < 1.29 is 14.3 Å². The Labute approximate surface area is 114 Å². The molecule has 0 spiro atoms. The molecule has 1 N–H and O–H groups in total. The van der Waals surface area contributed by atoms with Crippen LogP contribution in [0.3, 0.4) is 0 Å². The normalized spacial score (nSPS) is 10.6. The molecule has 3 aromatic rings. The first-order chi connectivity index (χ1) is 9.70. The van der Waals surface area contributed by atoms with Crippen LogP contribution in [0.5, 0.6) is 11.5 Å². The van der Waals surface area contributed by atoms with Crippen LogP contribution >= 0.6 is 0 Å². The lowest BCUT2D eigenvalue weighted by Gasteiger charge is -2.07. The van der Waals surface area contributed by atoms with Crippen molar-refractivity contribution in [1.29, 1.82) is 0 Å². The number of fused-ring (bicyclic) bond motifs is 1. The molecule has 0 amide bonds. The van der Waals surface area contributed by atoms with Crippen molar-refractivity contribution >= 4 is 11.0 Å². The molecule has 4 heteroatoms. The molecule has 0 saturated heterocycles. The summed E-state index contributed by atoms with van der Waals surface area (Å²) in [5.41, 5.74) is 1.05. The van der Waals surface area contributed by atoms with Crippen LogP contribution in [0.1, 0.15) is 5.56 Å². The maximum Gasteiger partial charge on any atom is 0.336 e. The smallest absolute Gasteiger partial charge is 0.336 e. The number of aromatic hydroxyl groups is 1. The molecule has 4 nitrogen and oxygen atoms in total. The fraction of sp³-hybridized carbons (Fsp3) is 0.0625. The van der Waals surface area contributed by atoms with E-state index < -0.39 is 0 Å². The van der Waals surface area contributed by atoms with Crippen molar-refractivity contribution in [3.05, 3.63) is 70.6 Å². The third-order valence-electron chi connectivity index (χ3n) is 2.91. The molecule has 0 atom stereocenters. The molecular formula is C16H12O4. The average molecular weight is 268 g/mol. The lowest BCUT2D eigenvalue weighted by atomic mass is 10.1. The molecule has 1 heterocycles. The van der Waals surface area contributed by atoms with Crippen LogP contribution in [0.15, 0.2) is 63.8 Å². The van der Waals surface area contributed by atoms with Crippen molar-refractivity contribution in [1.82, 2.24) is 0 Å². The molecule has 0 aliphatic carbocycles. The number of hydrogen-bond donors (Lipinski definition) is 1. The predicted molar refractivity (Wildman–Crippen MR) is 74.9 cm³/mol. The van der Waals surface area contributed by atoms with Crippen LogP contribution in [-0.2, 0) is 6.61 Å². The number of rotatable bonds is 3. The molecule has 0 fully saturated rings. The summed E-state index contributed by atoms with van der Waals surface area (Å²) >= 11 is 0. The van der Waals surface area contributed by atoms with Gasteiger partial charge in [-0.15, -0.1) is 0 Å². The zero-order chi connectivity index (χ0) is 13.9. The van der Waals surface area contributed by atoms with Gasteiger partial charge in [0.2, 0.25) is 0 Å². The topological polar surface area (TPSA) is 59.7 Å². The van der Waals surface area contributed by atoms with Crippen LogP contribution in [0.2, 0.25) is 0 Å². The van der Waals surface area contributed by atoms with E-state index in [0.717, 1.165) is 10.9 Å². The molecule has 0 bridgehead atoms. The van der Waals surface area contributed by atoms with Crippen LogP contribution in [0.4, 0.5) is 0 Å². The van der Waals surface area contributed by atoms with E-state index in [1.807, 2.05) is 12.1 Å². The van der Waals surface area contributed by atoms with E-state index in [4.69, 9.17) is 9.15 Å². The molecule has 3 rings (SSSR count). The van der Waals surface area contributed by atoms with Crippen LogP contribution in [-0.4, -0.2) is 5.11 Å². The number of phenolic OH excluding ortho intramolecular Hbond substituents is 1. The van der Waals surface area contributed by atoms with Crippen molar-refractivity contribution in [3.8, 4) is 11.5 Å². The van der Waals surface area contributed by atoms with Gasteiger partial charge in [0, 0.05) is 17.5 Å². The Morgan fingerprint density at radius 1 is 1.05 bits per heavy atom. The van der Waals surface area contributed by atoms with E-state index in [2.05, 4.69) is 0 Å². The predicted octanol–water partition coefficient (Wildman–Crippen LogP) is 3.08. The monoisotopic (exact) mass is 268 g/mol. The highest BCUT2D eigenvalue weighted by atomic mass is 16.5. The number of benzene rings is 2. The Hall–Kier alpha value is -2.75. The molecule has 0 aliphatic rings. The first-order valence-electron chi connectivity index (χ1n) is 6.15. The molecule has 100 valence electrons. The van der Waals surface area contributed by atoms with Gasteiger partial charge in [-0.3, -0.25) is 0 Å². The molecule has 0 radical (unpaired) electrons. The van der Waals surface area contributed by atoms with E-state index >= 15 is 0 Å². The highest BCUT2D eigenvalue weighted by Crippen LogP contribution is 2.20. The Morgan fingerprint density at radius 3 is 2.75 bits per heavy atom. The standard InChI is InChI=1S/C16H12O4/c17-13-2-1-3-14(9-13)19-10-11-4-5-12-6-7-16(18)20-15(12)8-11/h1-9,17H,10H2. The maximum absolute atomic E-state index is 11.2. The minimum Gasteiger partial charge on any atom is -0.508 e. The van der Waals surface area contributed by atoms with Crippen LogP contribution in [0.25, 0.3) is 11.0 Å². The van der Waals surface area contributed by atoms with E-state index in [0.29, 0.717) is 17.9 Å². The molecule has 0 aliphatic heterocycles. The summed E-state index contributed by atoms with van der Waals surface area (Å²) in [5.74, 6) is 0.742. The van der Waals surface area contributed by atoms with Crippen molar-refractivity contribution in [2.24, 2.45) is 0 Å². The second-order valence-electron chi connectivity index (χ2n) is 4.41. The number of hydrogen-bond acceptors (Lipinski definition) is 4. The van der Waals surface area contributed by atoms with Gasteiger partial charge < -0.3 is 14.3 Å². The minimum atomic E-state index is -0.372. The Morgan fingerprint density at radius 2 is 1.90 bits per heavy atom. The number of ether oxygens (including phenoxy) is 1. The highest BCUT2D eigenvalue weighted by Gasteiger charge is 2.01. The highest BCUT2D eigenvalue weighted by molar-refractivity contribution is 5.76. The second kappa shape index (κ2) is 5.09. The molecule has 2 aromatic carbocycles. The molecule has 0 saturated carbocycles. The largest absolute Gasteiger partial charge is 0.508 e. The minimum absolute atomic E-state index is 0.159. The first-order valence-corrected chi connectivity index (χ1v) is 6.15. The number of phenols is 1. The van der Waals surface area contributed by atoms with E-state index in [9.17, 15) is 9.90 Å². The Balaban J connectivity index is 1.82. The summed E-state index contributed by atoms with van der Waals surface area (Å²) in [5, 5.41) is 10.2. The molecule has 20 heavy (non-hydrogen) atoms. The van der Waals surface area contributed by atoms with Gasteiger partial charge in [0.25, 0.3) is 0 Å². The fourth-order valence-corrected chi connectivity index (χ4v) is 1.93. The average Bonchev–Trinajstić information content (AvgIpc) is 2.45. The summed E-state index contributed by atoms with van der Waals surface area (Å²) in [7, 11) is 0. The zero-order valence-corrected chi connectivity index (χ0v) is 10.6. The van der Waals surface area contributed by atoms with Crippen LogP contribution < -0.4 is 10.4 Å². The second-order valence-corrected chi connectivity index (χ2v) is 4.41. The van der Waals surface area contributed by atoms with Gasteiger partial charge >= 0.3 is 5.63 Å². The molecular weight excluding hydrogens is 256 g/mol. The third kappa shape index (κ3) is 2.64. The van der Waals surface area contributed by atoms with E-state index in [1.54, 1.807) is 36.4 Å². The van der Waals surface area contributed by atoms with Gasteiger partial charge in [-0.05, 0) is 29.8 Å². The first kappa shape index (κ1) is 12.3. The van der Waals surface area contributed by atoms with Gasteiger partial charge in [0.05, 0.1) is 0 Å². The SMILES string of the molecule is O=c1ccc2ccc(COc3cccc(O)c3)cc2o1. The third-order valence-corrected chi connectivity index (χ3v) is 2.91. The van der Waals surface area contributed by atoms with Crippen molar-refractivity contribution in [3.63, 3.8) is 0 Å². The quantitative estimate of drug-likeness (QED) is 0.741. The summed E-state index contributed by atoms with van der Waals surface area (Å²) in [6.07, 6.45) is 0. The van der Waals surface area contributed by atoms with E-state index in [1.165, 1.54) is 6.07 Å². The van der Waals surface area contributed by atoms with Gasteiger partial charge in [0.15, 0.2) is 0 Å². The summed E-state index contributed by atoms with van der Waals surface area (Å²) in [6.45, 7) is 0.331. The lowest BCUT2D eigenvalue weighted by Crippen LogP contribution is -1.97. The van der Waals surface area contributed by atoms with Gasteiger partial charge in [-0.25, -0.2) is 4.79 Å². The van der Waals surface area contributed by atoms with Gasteiger partial charge in [-0.2, -0.15) is 0 Å². The van der Waals surface area contributed by atoms with Gasteiger partial charge in [0.1, 0.15) is 23.7 Å². The van der Waals surface area contributed by atoms with Gasteiger partial charge in [-0.1, -0.05) is 18.2 Å². The van der Waals surface area contributed by atoms with Crippen molar-refractivity contribution in [2.75, 3.05) is 0 Å². The van der Waals surface area contributed by atoms with Crippen LogP contribution in [0, 0.1) is 0 Å². The summed E-state index contributed by atoms with van der Waals surface area (Å²) in [6, 6.07) is 15.3. The summed E-state index contributed by atoms with van der Waals surface area (Å²) in [4.78, 5) is 11.2. The van der Waals surface area contributed by atoms with E-state index in [-0.39, 0.29) is 11.4 Å². The molecule has 1 aromatic heterocycles. The maximum atomic E-state index is 11.2. The summed E-state index contributed by atoms with van der Waals surface area (Å²) < 4.78 is 10.7. The van der Waals surface area contributed by atoms with Crippen molar-refractivity contribution in [2.45, 2.75) is 6.61 Å². The zero-order valence-electron chi connectivity index (χ0n) is 10.6. The Bertz CT molecular complexity index is 805. The Kier molecular flexibility index (Phi) is 3.13.